The van der Waals surface area contributed by atoms with Crippen molar-refractivity contribution in [2.24, 2.45) is 0 Å². The second-order valence-corrected chi connectivity index (χ2v) is 4.94. The third kappa shape index (κ3) is 1.76. The monoisotopic (exact) mass is 276 g/mol. The van der Waals surface area contributed by atoms with E-state index in [1.807, 2.05) is 48.5 Å². The first-order chi connectivity index (χ1) is 10.2. The maximum atomic E-state index is 11.7. The highest BCUT2D eigenvalue weighted by molar-refractivity contribution is 6.05. The number of benzene rings is 2. The van der Waals surface area contributed by atoms with E-state index in [1.165, 1.54) is 6.92 Å². The van der Waals surface area contributed by atoms with E-state index in [4.69, 9.17) is 4.42 Å². The Balaban J connectivity index is 2.05. The van der Waals surface area contributed by atoms with Crippen LogP contribution in [-0.2, 0) is 0 Å². The van der Waals surface area contributed by atoms with Crippen LogP contribution >= 0.6 is 0 Å². The Morgan fingerprint density at radius 2 is 1.90 bits per heavy atom. The highest BCUT2D eigenvalue weighted by Crippen LogP contribution is 2.30. The number of oxazole rings is 1. The van der Waals surface area contributed by atoms with E-state index in [0.29, 0.717) is 11.5 Å². The van der Waals surface area contributed by atoms with Crippen LogP contribution in [0.2, 0.25) is 0 Å². The molecule has 0 unspecified atom stereocenters. The number of hydrogen-bond acceptors (Lipinski definition) is 3. The number of rotatable bonds is 1. The minimum atomic E-state index is -0.0461. The second kappa shape index (κ2) is 4.31. The number of carbonyl (C=O) groups excluding carboxylic acids is 1. The molecule has 4 nitrogen and oxygen atoms in total. The van der Waals surface area contributed by atoms with Gasteiger partial charge < -0.3 is 4.42 Å². The zero-order valence-corrected chi connectivity index (χ0v) is 11.4. The normalized spacial score (nSPS) is 11.3. The van der Waals surface area contributed by atoms with E-state index in [0.717, 1.165) is 22.0 Å². The van der Waals surface area contributed by atoms with E-state index < -0.39 is 0 Å². The molecule has 0 N–H and O–H groups in total. The molecule has 0 aliphatic rings. The van der Waals surface area contributed by atoms with Crippen LogP contribution in [0.4, 0.5) is 0 Å². The summed E-state index contributed by atoms with van der Waals surface area (Å²) in [4.78, 5) is 16.3. The predicted octanol–water partition coefficient (Wildman–Crippen LogP) is 4.11. The van der Waals surface area contributed by atoms with Gasteiger partial charge in [-0.2, -0.15) is 0 Å². The molecule has 4 rings (SSSR count). The fourth-order valence-corrected chi connectivity index (χ4v) is 2.57. The Kier molecular flexibility index (Phi) is 2.44. The molecule has 0 saturated heterocycles. The first kappa shape index (κ1) is 11.9. The van der Waals surface area contributed by atoms with Gasteiger partial charge in [-0.1, -0.05) is 24.3 Å². The topological polar surface area (TPSA) is 48.0 Å². The van der Waals surface area contributed by atoms with Crippen molar-refractivity contribution in [3.63, 3.8) is 0 Å². The molecule has 4 heteroatoms. The van der Waals surface area contributed by atoms with Gasteiger partial charge in [0.25, 0.3) is 0 Å². The minimum absolute atomic E-state index is 0.0461. The van der Waals surface area contributed by atoms with E-state index in [1.54, 1.807) is 10.8 Å². The van der Waals surface area contributed by atoms with Crippen LogP contribution in [0.15, 0.2) is 59.1 Å². The van der Waals surface area contributed by atoms with Crippen molar-refractivity contribution in [3.8, 4) is 11.5 Å². The molecule has 0 atom stereocenters. The fraction of sp³-hybridized carbons (Fsp3) is 0.0588. The van der Waals surface area contributed by atoms with Crippen LogP contribution in [0.1, 0.15) is 11.7 Å². The summed E-state index contributed by atoms with van der Waals surface area (Å²) >= 11 is 0. The largest absolute Gasteiger partial charge is 0.434 e. The Labute approximate surface area is 120 Å². The summed E-state index contributed by atoms with van der Waals surface area (Å²) in [6.45, 7) is 1.53. The molecule has 0 fully saturated rings. The maximum Gasteiger partial charge on any atom is 0.228 e. The van der Waals surface area contributed by atoms with Crippen LogP contribution in [0.3, 0.4) is 0 Å². The summed E-state index contributed by atoms with van der Waals surface area (Å²) in [6.07, 6.45) is 1.76. The lowest BCUT2D eigenvalue weighted by Gasteiger charge is -1.99. The fourth-order valence-electron chi connectivity index (χ4n) is 2.57. The molecule has 0 bridgehead atoms. The molecule has 102 valence electrons. The van der Waals surface area contributed by atoms with Gasteiger partial charge in [0.15, 0.2) is 5.58 Å². The molecule has 0 radical (unpaired) electrons. The smallest absolute Gasteiger partial charge is 0.228 e. The molecule has 2 aromatic carbocycles. The van der Waals surface area contributed by atoms with Crippen molar-refractivity contribution in [2.75, 3.05) is 0 Å². The minimum Gasteiger partial charge on any atom is -0.434 e. The molecule has 2 heterocycles. The van der Waals surface area contributed by atoms with Crippen LogP contribution in [0, 0.1) is 0 Å². The summed E-state index contributed by atoms with van der Waals surface area (Å²) in [6, 6.07) is 15.5. The number of aromatic nitrogens is 2. The highest BCUT2D eigenvalue weighted by Gasteiger charge is 2.15. The van der Waals surface area contributed by atoms with Crippen LogP contribution in [0.25, 0.3) is 33.5 Å². The quantitative estimate of drug-likeness (QED) is 0.525. The van der Waals surface area contributed by atoms with Crippen molar-refractivity contribution < 1.29 is 9.21 Å². The van der Waals surface area contributed by atoms with Gasteiger partial charge in [0.2, 0.25) is 11.8 Å². The van der Waals surface area contributed by atoms with E-state index in [9.17, 15) is 4.79 Å². The number of fused-ring (bicyclic) bond motifs is 3. The molecule has 4 aromatic rings. The first-order valence-electron chi connectivity index (χ1n) is 6.71. The molecule has 0 saturated carbocycles. The van der Waals surface area contributed by atoms with Crippen molar-refractivity contribution in [3.05, 3.63) is 54.7 Å². The summed E-state index contributed by atoms with van der Waals surface area (Å²) in [5.41, 5.74) is 3.09. The average Bonchev–Trinajstić information content (AvgIpc) is 3.11. The molecule has 0 spiro atoms. The summed E-state index contributed by atoms with van der Waals surface area (Å²) in [5.74, 6) is 0.518. The van der Waals surface area contributed by atoms with Gasteiger partial charge >= 0.3 is 0 Å². The van der Waals surface area contributed by atoms with Crippen molar-refractivity contribution in [1.29, 1.82) is 0 Å². The Morgan fingerprint density at radius 3 is 2.67 bits per heavy atom. The SMILES string of the molecule is CC(=O)n1ccc2ccc3nc(-c4ccccc4)oc3c21. The first-order valence-corrected chi connectivity index (χ1v) is 6.71. The molecule has 2 aromatic heterocycles. The predicted molar refractivity (Wildman–Crippen MR) is 81.2 cm³/mol. The van der Waals surface area contributed by atoms with Gasteiger partial charge in [-0.05, 0) is 24.3 Å². The second-order valence-electron chi connectivity index (χ2n) is 4.94. The number of carbonyl (C=O) groups is 1. The molecular formula is C17H12N2O2. The van der Waals surface area contributed by atoms with Crippen LogP contribution in [0.5, 0.6) is 0 Å². The lowest BCUT2D eigenvalue weighted by Crippen LogP contribution is -2.02. The summed E-state index contributed by atoms with van der Waals surface area (Å²) in [5, 5.41) is 0.966. The molecule has 0 aliphatic heterocycles. The number of nitrogens with zero attached hydrogens (tertiary/aromatic N) is 2. The van der Waals surface area contributed by atoms with E-state index in [2.05, 4.69) is 4.98 Å². The Bertz CT molecular complexity index is 964. The Morgan fingerprint density at radius 1 is 1.10 bits per heavy atom. The van der Waals surface area contributed by atoms with Gasteiger partial charge in [0.1, 0.15) is 11.0 Å². The zero-order chi connectivity index (χ0) is 14.4. The van der Waals surface area contributed by atoms with Crippen molar-refractivity contribution in [1.82, 2.24) is 9.55 Å². The molecule has 0 aliphatic carbocycles. The number of hydrogen-bond donors (Lipinski definition) is 0. The van der Waals surface area contributed by atoms with Gasteiger partial charge in [-0.3, -0.25) is 9.36 Å². The lowest BCUT2D eigenvalue weighted by molar-refractivity contribution is 0.0941. The molecule has 21 heavy (non-hydrogen) atoms. The van der Waals surface area contributed by atoms with Crippen molar-refractivity contribution >= 4 is 27.9 Å². The van der Waals surface area contributed by atoms with Crippen molar-refractivity contribution in [2.45, 2.75) is 6.92 Å². The maximum absolute atomic E-state index is 11.7. The van der Waals surface area contributed by atoms with E-state index in [-0.39, 0.29) is 5.91 Å². The molecule has 0 amide bonds. The Hall–Kier alpha value is -2.88. The lowest BCUT2D eigenvalue weighted by atomic mass is 10.2. The zero-order valence-electron chi connectivity index (χ0n) is 11.4. The van der Waals surface area contributed by atoms with Crippen LogP contribution < -0.4 is 0 Å². The van der Waals surface area contributed by atoms with Gasteiger partial charge in [-0.15, -0.1) is 0 Å². The third-order valence-corrected chi connectivity index (χ3v) is 3.57. The highest BCUT2D eigenvalue weighted by atomic mass is 16.3. The summed E-state index contributed by atoms with van der Waals surface area (Å²) < 4.78 is 7.53. The average molecular weight is 276 g/mol. The third-order valence-electron chi connectivity index (χ3n) is 3.57. The summed E-state index contributed by atoms with van der Waals surface area (Å²) in [7, 11) is 0. The van der Waals surface area contributed by atoms with E-state index >= 15 is 0 Å². The van der Waals surface area contributed by atoms with Crippen LogP contribution in [-0.4, -0.2) is 15.5 Å². The molecular weight excluding hydrogens is 264 g/mol. The van der Waals surface area contributed by atoms with Gasteiger partial charge in [-0.25, -0.2) is 4.98 Å². The van der Waals surface area contributed by atoms with Gasteiger partial charge in [0, 0.05) is 24.1 Å². The standard InChI is InChI=1S/C17H12N2O2/c1-11(20)19-10-9-12-7-8-14-16(15(12)19)21-17(18-14)13-5-3-2-4-6-13/h2-10H,1H3. The van der Waals surface area contributed by atoms with Gasteiger partial charge in [0.05, 0.1) is 0 Å².